The van der Waals surface area contributed by atoms with Gasteiger partial charge in [-0.1, -0.05) is 36.8 Å². The van der Waals surface area contributed by atoms with Crippen LogP contribution in [0.3, 0.4) is 0 Å². The van der Waals surface area contributed by atoms with Crippen molar-refractivity contribution in [3.05, 3.63) is 35.9 Å². The minimum absolute atomic E-state index is 0.376. The summed E-state index contributed by atoms with van der Waals surface area (Å²) >= 11 is 0. The number of nitrogens with one attached hydrogen (secondary N) is 2. The molecule has 2 aliphatic carbocycles. The highest BCUT2D eigenvalue weighted by molar-refractivity contribution is 5.80. The monoisotopic (exact) mass is 329 g/mol. The van der Waals surface area contributed by atoms with Crippen molar-refractivity contribution >= 4 is 5.96 Å². The molecule has 2 fully saturated rings. The second kappa shape index (κ2) is 8.02. The van der Waals surface area contributed by atoms with Gasteiger partial charge in [0, 0.05) is 38.8 Å². The van der Waals surface area contributed by atoms with E-state index in [1.165, 1.54) is 31.2 Å². The SMILES string of the molecule is CCNC(=NCC1(CCOC)CCC1)NC1CC1c1ccccc1. The number of guanidine groups is 1. The fourth-order valence-corrected chi connectivity index (χ4v) is 3.65. The fourth-order valence-electron chi connectivity index (χ4n) is 3.65. The first-order valence-corrected chi connectivity index (χ1v) is 9.35. The smallest absolute Gasteiger partial charge is 0.191 e. The summed E-state index contributed by atoms with van der Waals surface area (Å²) in [5, 5.41) is 7.04. The van der Waals surface area contributed by atoms with Crippen LogP contribution in [0.4, 0.5) is 0 Å². The zero-order valence-corrected chi connectivity index (χ0v) is 15.1. The lowest BCUT2D eigenvalue weighted by atomic mass is 9.67. The van der Waals surface area contributed by atoms with Crippen molar-refractivity contribution in [1.29, 1.82) is 0 Å². The molecule has 1 aromatic carbocycles. The Hall–Kier alpha value is -1.55. The molecule has 3 rings (SSSR count). The molecule has 2 aliphatic rings. The van der Waals surface area contributed by atoms with Gasteiger partial charge in [-0.05, 0) is 43.6 Å². The summed E-state index contributed by atoms with van der Waals surface area (Å²) in [7, 11) is 1.79. The lowest BCUT2D eigenvalue weighted by Crippen LogP contribution is -2.41. The zero-order chi connectivity index (χ0) is 16.8. The van der Waals surface area contributed by atoms with Crippen LogP contribution in [0.2, 0.25) is 0 Å². The molecule has 1 aromatic rings. The summed E-state index contributed by atoms with van der Waals surface area (Å²) in [6.07, 6.45) is 6.23. The van der Waals surface area contributed by atoms with Crippen LogP contribution in [0.25, 0.3) is 0 Å². The molecular weight excluding hydrogens is 298 g/mol. The first-order chi connectivity index (χ1) is 11.8. The molecule has 0 bridgehead atoms. The van der Waals surface area contributed by atoms with Crippen LogP contribution in [0.1, 0.15) is 50.5 Å². The van der Waals surface area contributed by atoms with Crippen LogP contribution in [-0.2, 0) is 4.74 Å². The van der Waals surface area contributed by atoms with Crippen molar-refractivity contribution in [2.75, 3.05) is 26.8 Å². The van der Waals surface area contributed by atoms with Crippen molar-refractivity contribution < 1.29 is 4.74 Å². The third kappa shape index (κ3) is 4.29. The Kier molecular flexibility index (Phi) is 5.77. The summed E-state index contributed by atoms with van der Waals surface area (Å²) in [6.45, 7) is 4.79. The summed E-state index contributed by atoms with van der Waals surface area (Å²) in [6, 6.07) is 11.3. The lowest BCUT2D eigenvalue weighted by molar-refractivity contribution is 0.0778. The Morgan fingerprint density at radius 2 is 2.08 bits per heavy atom. The van der Waals surface area contributed by atoms with Crippen molar-refractivity contribution in [2.45, 2.75) is 51.0 Å². The normalized spacial score (nSPS) is 25.0. The maximum Gasteiger partial charge on any atom is 0.191 e. The van der Waals surface area contributed by atoms with Gasteiger partial charge in [-0.25, -0.2) is 0 Å². The Morgan fingerprint density at radius 3 is 2.71 bits per heavy atom. The van der Waals surface area contributed by atoms with Crippen molar-refractivity contribution in [1.82, 2.24) is 10.6 Å². The van der Waals surface area contributed by atoms with Gasteiger partial charge in [0.1, 0.15) is 0 Å². The van der Waals surface area contributed by atoms with Crippen LogP contribution in [0.15, 0.2) is 35.3 Å². The summed E-state index contributed by atoms with van der Waals surface area (Å²) in [5.41, 5.74) is 1.81. The molecule has 24 heavy (non-hydrogen) atoms. The molecule has 2 atom stereocenters. The average molecular weight is 329 g/mol. The van der Waals surface area contributed by atoms with Gasteiger partial charge in [0.25, 0.3) is 0 Å². The van der Waals surface area contributed by atoms with E-state index in [9.17, 15) is 0 Å². The van der Waals surface area contributed by atoms with E-state index in [1.54, 1.807) is 7.11 Å². The first kappa shape index (κ1) is 17.3. The van der Waals surface area contributed by atoms with Crippen LogP contribution in [-0.4, -0.2) is 38.8 Å². The van der Waals surface area contributed by atoms with Gasteiger partial charge in [0.2, 0.25) is 0 Å². The molecule has 4 heteroatoms. The van der Waals surface area contributed by atoms with E-state index >= 15 is 0 Å². The second-order valence-electron chi connectivity index (χ2n) is 7.30. The highest BCUT2D eigenvalue weighted by Crippen LogP contribution is 2.44. The number of rotatable bonds is 8. The van der Waals surface area contributed by atoms with Gasteiger partial charge >= 0.3 is 0 Å². The topological polar surface area (TPSA) is 45.7 Å². The third-order valence-corrected chi connectivity index (χ3v) is 5.51. The molecule has 2 N–H and O–H groups in total. The number of methoxy groups -OCH3 is 1. The highest BCUT2D eigenvalue weighted by atomic mass is 16.5. The fraction of sp³-hybridized carbons (Fsp3) is 0.650. The maximum absolute atomic E-state index is 5.29. The van der Waals surface area contributed by atoms with E-state index < -0.39 is 0 Å². The largest absolute Gasteiger partial charge is 0.385 e. The standard InChI is InChI=1S/C20H31N3O/c1-3-21-19(22-15-20(10-7-11-20)12-13-24-2)23-18-14-17(18)16-8-5-4-6-9-16/h4-6,8-9,17-18H,3,7,10-15H2,1-2H3,(H2,21,22,23). The van der Waals surface area contributed by atoms with Crippen molar-refractivity contribution in [3.63, 3.8) is 0 Å². The predicted octanol–water partition coefficient (Wildman–Crippen LogP) is 3.30. The van der Waals surface area contributed by atoms with E-state index in [4.69, 9.17) is 9.73 Å². The minimum Gasteiger partial charge on any atom is -0.385 e. The Bertz CT molecular complexity index is 539. The van der Waals surface area contributed by atoms with Gasteiger partial charge in [-0.2, -0.15) is 0 Å². The molecule has 132 valence electrons. The molecule has 2 unspecified atom stereocenters. The van der Waals surface area contributed by atoms with E-state index in [0.29, 0.717) is 17.4 Å². The van der Waals surface area contributed by atoms with E-state index in [1.807, 2.05) is 0 Å². The molecular formula is C20H31N3O. The number of aliphatic imine (C=N–C) groups is 1. The summed E-state index contributed by atoms with van der Waals surface area (Å²) in [5.74, 6) is 1.60. The number of hydrogen-bond donors (Lipinski definition) is 2. The molecule has 0 spiro atoms. The molecule has 0 aromatic heterocycles. The minimum atomic E-state index is 0.376. The molecule has 0 aliphatic heterocycles. The lowest BCUT2D eigenvalue weighted by Gasteiger charge is -2.40. The van der Waals surface area contributed by atoms with E-state index in [-0.39, 0.29) is 0 Å². The molecule has 0 radical (unpaired) electrons. The maximum atomic E-state index is 5.29. The Balaban J connectivity index is 1.55. The van der Waals surface area contributed by atoms with E-state index in [2.05, 4.69) is 47.9 Å². The Morgan fingerprint density at radius 1 is 1.29 bits per heavy atom. The second-order valence-corrected chi connectivity index (χ2v) is 7.30. The average Bonchev–Trinajstić information content (AvgIpc) is 3.34. The van der Waals surface area contributed by atoms with Gasteiger partial charge in [-0.3, -0.25) is 4.99 Å². The summed E-state index contributed by atoms with van der Waals surface area (Å²) < 4.78 is 5.29. The first-order valence-electron chi connectivity index (χ1n) is 9.35. The van der Waals surface area contributed by atoms with Gasteiger partial charge in [0.05, 0.1) is 0 Å². The van der Waals surface area contributed by atoms with Crippen LogP contribution >= 0.6 is 0 Å². The number of nitrogens with zero attached hydrogens (tertiary/aromatic N) is 1. The number of hydrogen-bond acceptors (Lipinski definition) is 2. The van der Waals surface area contributed by atoms with Gasteiger partial charge in [0.15, 0.2) is 5.96 Å². The van der Waals surface area contributed by atoms with Crippen LogP contribution < -0.4 is 10.6 Å². The molecule has 2 saturated carbocycles. The van der Waals surface area contributed by atoms with Gasteiger partial charge in [-0.15, -0.1) is 0 Å². The predicted molar refractivity (Wildman–Crippen MR) is 99.5 cm³/mol. The van der Waals surface area contributed by atoms with Gasteiger partial charge < -0.3 is 15.4 Å². The summed E-state index contributed by atoms with van der Waals surface area (Å²) in [4.78, 5) is 4.91. The quantitative estimate of drug-likeness (QED) is 0.568. The zero-order valence-electron chi connectivity index (χ0n) is 15.1. The van der Waals surface area contributed by atoms with Crippen molar-refractivity contribution in [3.8, 4) is 0 Å². The van der Waals surface area contributed by atoms with Crippen LogP contribution in [0, 0.1) is 5.41 Å². The van der Waals surface area contributed by atoms with Crippen molar-refractivity contribution in [2.24, 2.45) is 10.4 Å². The van der Waals surface area contributed by atoms with Crippen LogP contribution in [0.5, 0.6) is 0 Å². The molecule has 0 heterocycles. The molecule has 0 amide bonds. The molecule has 0 saturated heterocycles. The van der Waals surface area contributed by atoms with E-state index in [0.717, 1.165) is 32.1 Å². The number of ether oxygens (including phenoxy) is 1. The molecule has 4 nitrogen and oxygen atoms in total. The third-order valence-electron chi connectivity index (χ3n) is 5.51. The Labute approximate surface area is 146 Å². The number of benzene rings is 1. The highest BCUT2D eigenvalue weighted by Gasteiger charge is 2.39.